The number of benzene rings is 8. The van der Waals surface area contributed by atoms with Crippen LogP contribution in [0.2, 0.25) is 0 Å². The summed E-state index contributed by atoms with van der Waals surface area (Å²) in [5.41, 5.74) is 11.0. The molecular weight excluding hydrogens is 903 g/mol. The van der Waals surface area contributed by atoms with E-state index in [2.05, 4.69) is 178 Å². The molecule has 0 aliphatic carbocycles. The van der Waals surface area contributed by atoms with Crippen LogP contribution < -0.4 is 42.3 Å². The van der Waals surface area contributed by atoms with Crippen LogP contribution in [-0.4, -0.2) is 19.2 Å². The molecule has 0 aromatic heterocycles. The van der Waals surface area contributed by atoms with Crippen LogP contribution >= 0.6 is 15.8 Å². The van der Waals surface area contributed by atoms with Crippen molar-refractivity contribution in [2.45, 2.75) is 19.3 Å². The predicted octanol–water partition coefficient (Wildman–Crippen LogP) is 9.60. The van der Waals surface area contributed by atoms with Crippen molar-refractivity contribution in [3.8, 4) is 22.6 Å². The van der Waals surface area contributed by atoms with Gasteiger partial charge in [0.2, 0.25) is 0 Å². The number of anilines is 1. The summed E-state index contributed by atoms with van der Waals surface area (Å²) in [5.74, 6) is 2.05. The second-order valence-corrected chi connectivity index (χ2v) is 20.9. The van der Waals surface area contributed by atoms with E-state index in [1.165, 1.54) is 43.0 Å². The van der Waals surface area contributed by atoms with Crippen molar-refractivity contribution in [2.75, 3.05) is 12.0 Å². The Morgan fingerprint density at radius 2 is 1.05 bits per heavy atom. The molecule has 0 amide bonds. The Bertz CT molecular complexity index is 2540. The summed E-state index contributed by atoms with van der Waals surface area (Å²) in [4.78, 5) is 0. The van der Waals surface area contributed by atoms with Crippen LogP contribution in [-0.2, 0) is 36.0 Å². The molecule has 61 heavy (non-hydrogen) atoms. The Kier molecular flexibility index (Phi) is 15.3. The van der Waals surface area contributed by atoms with Crippen molar-refractivity contribution in [3.63, 3.8) is 0 Å². The van der Waals surface area contributed by atoms with Crippen molar-refractivity contribution >= 4 is 63.5 Å². The first kappa shape index (κ1) is 45.3. The van der Waals surface area contributed by atoms with Crippen LogP contribution in [0, 0.1) is 6.07 Å². The summed E-state index contributed by atoms with van der Waals surface area (Å²) >= 11 is 0. The molecule has 0 fully saturated rings. The Labute approximate surface area is 376 Å². The van der Waals surface area contributed by atoms with Gasteiger partial charge < -0.3 is 10.5 Å². The first-order valence-electron chi connectivity index (χ1n) is 19.6. The van der Waals surface area contributed by atoms with Gasteiger partial charge >= 0.3 is 20.4 Å². The van der Waals surface area contributed by atoms with Crippen LogP contribution in [0.3, 0.4) is 0 Å². The Hall–Kier alpha value is -5.21. The van der Waals surface area contributed by atoms with Gasteiger partial charge in [0.05, 0.1) is 6.26 Å². The predicted molar refractivity (Wildman–Crippen MR) is 256 cm³/mol. The number of ether oxygens (including phenoxy) is 1. The van der Waals surface area contributed by atoms with Gasteiger partial charge in [-0.2, -0.15) is 8.42 Å². The van der Waals surface area contributed by atoms with E-state index in [9.17, 15) is 8.42 Å². The molecule has 8 aromatic carbocycles. The van der Waals surface area contributed by atoms with E-state index in [1.54, 1.807) is 0 Å². The minimum absolute atomic E-state index is 0. The van der Waals surface area contributed by atoms with Gasteiger partial charge in [-0.25, -0.2) is 0 Å². The van der Waals surface area contributed by atoms with Crippen molar-refractivity contribution in [1.29, 1.82) is 0 Å². The van der Waals surface area contributed by atoms with Crippen LogP contribution in [0.4, 0.5) is 5.69 Å². The number of para-hydroxylation sites is 3. The second-order valence-electron chi connectivity index (χ2n) is 14.8. The van der Waals surface area contributed by atoms with E-state index in [-0.39, 0.29) is 25.8 Å². The van der Waals surface area contributed by atoms with E-state index in [1.807, 2.05) is 48.5 Å². The zero-order valence-corrected chi connectivity index (χ0v) is 38.3. The zero-order valence-electron chi connectivity index (χ0n) is 34.1. The van der Waals surface area contributed by atoms with Crippen molar-refractivity contribution in [1.82, 2.24) is 0 Å². The van der Waals surface area contributed by atoms with Gasteiger partial charge in [0.15, 0.2) is 5.75 Å². The number of hydrogen-bond acceptors (Lipinski definition) is 4. The topological polar surface area (TPSA) is 89.6 Å². The van der Waals surface area contributed by atoms with Crippen molar-refractivity contribution in [2.24, 2.45) is 0 Å². The van der Waals surface area contributed by atoms with E-state index < -0.39 is 26.0 Å². The van der Waals surface area contributed by atoms with Gasteiger partial charge in [-0.3, -0.25) is 4.55 Å². The quantitative estimate of drug-likeness (QED) is 0.0547. The van der Waals surface area contributed by atoms with E-state index >= 15 is 0 Å². The third kappa shape index (κ3) is 11.0. The minimum Gasteiger partial charge on any atom is -0.452 e. The first-order chi connectivity index (χ1) is 29.0. The molecule has 1 aliphatic heterocycles. The van der Waals surface area contributed by atoms with E-state index in [0.29, 0.717) is 6.26 Å². The Balaban J connectivity index is 0.000000272. The molecule has 308 valence electrons. The Morgan fingerprint density at radius 3 is 1.56 bits per heavy atom. The SMILES string of the molecule is CC1(C)c2cccc(P(c3ccccc3)c3ccccc3)c2Oc2c([PH+](c3ccccc3)c3ccccc3)cccc21.CS(=O)(=O)O.Nc1ccccc1-c1[c-]cccc1.[Pd+2]. The average Bonchev–Trinajstić information content (AvgIpc) is 3.26. The molecular formula is C52H47NO4P2PdS+2. The van der Waals surface area contributed by atoms with Gasteiger partial charge in [-0.1, -0.05) is 165 Å². The molecule has 1 heterocycles. The molecule has 0 bridgehead atoms. The van der Waals surface area contributed by atoms with Gasteiger partial charge in [-0.05, 0) is 60.6 Å². The maximum Gasteiger partial charge on any atom is 2.00 e. The molecule has 1 aliphatic rings. The third-order valence-electron chi connectivity index (χ3n) is 10.2. The molecule has 0 spiro atoms. The number of nitrogen functional groups attached to an aromatic ring is 1. The smallest absolute Gasteiger partial charge is 0.452 e. The van der Waals surface area contributed by atoms with Crippen molar-refractivity contribution < 1.29 is 38.1 Å². The van der Waals surface area contributed by atoms with Gasteiger partial charge in [0.1, 0.15) is 29.6 Å². The number of fused-ring (bicyclic) bond motifs is 2. The summed E-state index contributed by atoms with van der Waals surface area (Å²) in [5, 5.41) is 7.93. The van der Waals surface area contributed by atoms with Crippen LogP contribution in [0.15, 0.2) is 206 Å². The van der Waals surface area contributed by atoms with Crippen LogP contribution in [0.25, 0.3) is 11.1 Å². The molecule has 8 aromatic rings. The maximum atomic E-state index is 9.19. The van der Waals surface area contributed by atoms with Gasteiger partial charge in [-0.15, -0.1) is 35.9 Å². The molecule has 9 heteroatoms. The van der Waals surface area contributed by atoms with Crippen molar-refractivity contribution in [3.05, 3.63) is 223 Å². The fourth-order valence-electron chi connectivity index (χ4n) is 7.46. The molecule has 0 saturated heterocycles. The van der Waals surface area contributed by atoms with Gasteiger partial charge in [0.25, 0.3) is 10.1 Å². The zero-order chi connectivity index (χ0) is 42.1. The summed E-state index contributed by atoms with van der Waals surface area (Å²) < 4.78 is 33.1. The first-order valence-corrected chi connectivity index (χ1v) is 24.3. The van der Waals surface area contributed by atoms with E-state index in [4.69, 9.17) is 15.0 Å². The monoisotopic (exact) mass is 949 g/mol. The fraction of sp³-hybridized carbons (Fsp3) is 0.0769. The normalized spacial score (nSPS) is 12.2. The molecule has 9 rings (SSSR count). The Morgan fingerprint density at radius 1 is 0.590 bits per heavy atom. The van der Waals surface area contributed by atoms with E-state index in [0.717, 1.165) is 28.3 Å². The molecule has 3 N–H and O–H groups in total. The standard InChI is InChI=1S/C39H32OP2.C12H10N.CH4O3S.Pd/c1-39(2)33-25-15-27-35(41(29-17-7-3-8-18-29)30-19-9-4-10-20-30)37(33)40-38-34(39)26-16-28-36(38)42(31-21-11-5-12-22-31)32-23-13-6-14-24-32;13-12-9-5-4-8-11(12)10-6-2-1-3-7-10;1-5(2,3)4;/h3-28H,1-2H3;1-6,8-9H,13H2;1H3,(H,2,3,4);/q;-1;;+2/p+1. The fourth-order valence-corrected chi connectivity index (χ4v) is 12.5. The number of nitrogens with two attached hydrogens (primary N) is 1. The number of rotatable bonds is 7. The molecule has 0 unspecified atom stereocenters. The summed E-state index contributed by atoms with van der Waals surface area (Å²) in [6.07, 6.45) is 0.715. The molecule has 0 atom stereocenters. The summed E-state index contributed by atoms with van der Waals surface area (Å²) in [7, 11) is -5.81. The molecule has 0 radical (unpaired) electrons. The minimum atomic E-state index is -3.67. The second kappa shape index (κ2) is 20.6. The maximum absolute atomic E-state index is 9.19. The summed E-state index contributed by atoms with van der Waals surface area (Å²) in [6, 6.07) is 76.1. The molecule has 0 saturated carbocycles. The van der Waals surface area contributed by atoms with Crippen LogP contribution in [0.1, 0.15) is 25.0 Å². The average molecular weight is 950 g/mol. The molecule has 5 nitrogen and oxygen atoms in total. The largest absolute Gasteiger partial charge is 2.00 e. The summed E-state index contributed by atoms with van der Waals surface area (Å²) in [6.45, 7) is 4.71. The third-order valence-corrected chi connectivity index (χ3v) is 15.4. The van der Waals surface area contributed by atoms with Crippen LogP contribution in [0.5, 0.6) is 11.5 Å². The number of hydrogen-bond donors (Lipinski definition) is 2. The van der Waals surface area contributed by atoms with Gasteiger partial charge in [0, 0.05) is 21.8 Å².